The summed E-state index contributed by atoms with van der Waals surface area (Å²) in [6, 6.07) is 12.0. The first-order chi connectivity index (χ1) is 16.2. The van der Waals surface area contributed by atoms with Gasteiger partial charge in [0, 0.05) is 48.9 Å². The van der Waals surface area contributed by atoms with Gasteiger partial charge >= 0.3 is 0 Å². The van der Waals surface area contributed by atoms with Gasteiger partial charge in [-0.2, -0.15) is 0 Å². The van der Waals surface area contributed by atoms with Gasteiger partial charge in [-0.15, -0.1) is 0 Å². The Bertz CT molecular complexity index is 1270. The Morgan fingerprint density at radius 2 is 2.12 bits per heavy atom. The number of carbonyl (C=O) groups excluding carboxylic acids is 1. The first-order valence-corrected chi connectivity index (χ1v) is 11.0. The second-order valence-electron chi connectivity index (χ2n) is 8.17. The number of amides is 1. The minimum absolute atomic E-state index is 0.00251. The van der Waals surface area contributed by atoms with Crippen LogP contribution in [0.4, 0.5) is 0 Å². The highest BCUT2D eigenvalue weighted by molar-refractivity contribution is 5.93. The quantitative estimate of drug-likeness (QED) is 0.436. The molecule has 1 saturated heterocycles. The summed E-state index contributed by atoms with van der Waals surface area (Å²) in [6.07, 6.45) is 8.16. The molecule has 1 aliphatic heterocycles. The van der Waals surface area contributed by atoms with Gasteiger partial charge in [-0.25, -0.2) is 4.98 Å². The third-order valence-electron chi connectivity index (χ3n) is 6.25. The van der Waals surface area contributed by atoms with Crippen molar-refractivity contribution in [1.82, 2.24) is 19.4 Å². The lowest BCUT2D eigenvalue weighted by Gasteiger charge is -2.31. The van der Waals surface area contributed by atoms with E-state index in [1.54, 1.807) is 12.3 Å². The molecule has 0 saturated carbocycles. The molecule has 8 heteroatoms. The molecule has 0 bridgehead atoms. The number of hydrogen-bond donors (Lipinski definition) is 2. The lowest BCUT2D eigenvalue weighted by molar-refractivity contribution is 0.0710. The number of benzene rings is 1. The van der Waals surface area contributed by atoms with Gasteiger partial charge in [0.15, 0.2) is 0 Å². The summed E-state index contributed by atoms with van der Waals surface area (Å²) in [4.78, 5) is 27.0. The van der Waals surface area contributed by atoms with Crippen LogP contribution in [0.25, 0.3) is 28.5 Å². The van der Waals surface area contributed by atoms with Crippen molar-refractivity contribution in [3.63, 3.8) is 0 Å². The number of aliphatic imine (C=N–C) groups is 1. The molecule has 0 atom stereocenters. The van der Waals surface area contributed by atoms with E-state index in [4.69, 9.17) is 15.1 Å². The van der Waals surface area contributed by atoms with Crippen LogP contribution in [0.2, 0.25) is 0 Å². The number of piperidine rings is 1. The van der Waals surface area contributed by atoms with Crippen LogP contribution < -0.4 is 5.73 Å². The van der Waals surface area contributed by atoms with Gasteiger partial charge in [0.2, 0.25) is 0 Å². The van der Waals surface area contributed by atoms with Gasteiger partial charge in [-0.3, -0.25) is 9.79 Å². The summed E-state index contributed by atoms with van der Waals surface area (Å²) < 4.78 is 7.10. The van der Waals surface area contributed by atoms with Gasteiger partial charge in [-0.1, -0.05) is 18.2 Å². The Morgan fingerprint density at radius 3 is 2.82 bits per heavy atom. The molecule has 5 rings (SSSR count). The third kappa shape index (κ3) is 3.89. The summed E-state index contributed by atoms with van der Waals surface area (Å²) >= 11 is 0. The number of nitrogens with two attached hydrogens (primary N) is 1. The number of rotatable bonds is 6. The van der Waals surface area contributed by atoms with Crippen molar-refractivity contribution < 1.29 is 9.21 Å². The zero-order chi connectivity index (χ0) is 22.8. The summed E-state index contributed by atoms with van der Waals surface area (Å²) in [6.45, 7) is 5.21. The van der Waals surface area contributed by atoms with Gasteiger partial charge in [0.05, 0.1) is 23.2 Å². The maximum atomic E-state index is 12.7. The minimum Gasteiger partial charge on any atom is -0.472 e. The number of likely N-dealkylation sites (tertiary alicyclic amines) is 1. The number of aromatic nitrogens is 3. The van der Waals surface area contributed by atoms with E-state index in [0.29, 0.717) is 25.2 Å². The zero-order valence-corrected chi connectivity index (χ0v) is 18.3. The van der Waals surface area contributed by atoms with E-state index in [0.717, 1.165) is 46.7 Å². The summed E-state index contributed by atoms with van der Waals surface area (Å²) in [5.41, 5.74) is 10.5. The topological polar surface area (TPSA) is 105 Å². The summed E-state index contributed by atoms with van der Waals surface area (Å²) in [5, 5.41) is 1.13. The number of nitrogens with one attached hydrogen (secondary N) is 1. The highest BCUT2D eigenvalue weighted by atomic mass is 16.3. The molecule has 1 fully saturated rings. The smallest absolute Gasteiger partial charge is 0.257 e. The predicted molar refractivity (Wildman–Crippen MR) is 129 cm³/mol. The molecule has 8 nitrogen and oxygen atoms in total. The van der Waals surface area contributed by atoms with E-state index in [1.165, 1.54) is 12.5 Å². The monoisotopic (exact) mass is 442 g/mol. The maximum absolute atomic E-state index is 12.7. The van der Waals surface area contributed by atoms with Gasteiger partial charge in [-0.05, 0) is 37.8 Å². The first kappa shape index (κ1) is 21.0. The molecule has 0 aliphatic carbocycles. The van der Waals surface area contributed by atoms with E-state index < -0.39 is 0 Å². The van der Waals surface area contributed by atoms with E-state index in [-0.39, 0.29) is 11.8 Å². The molecular weight excluding hydrogens is 416 g/mol. The maximum Gasteiger partial charge on any atom is 0.257 e. The minimum atomic E-state index is 0.00251. The summed E-state index contributed by atoms with van der Waals surface area (Å²) in [5.74, 6) is 1.12. The van der Waals surface area contributed by atoms with Crippen molar-refractivity contribution in [3.8, 4) is 11.4 Å². The number of para-hydroxylation sites is 1. The molecule has 1 aromatic carbocycles. The number of furan rings is 1. The molecular formula is C25H26N6O2. The SMILES string of the molecule is C=N/C=C\n1c(C2CCN(C(=O)c3ccoc3)CC2)nc(-c2cc3ccccc3[nH]2)c1CN. The Balaban J connectivity index is 1.47. The third-order valence-corrected chi connectivity index (χ3v) is 6.25. The lowest BCUT2D eigenvalue weighted by atomic mass is 9.95. The molecule has 0 radical (unpaired) electrons. The van der Waals surface area contributed by atoms with Crippen LogP contribution in [0.5, 0.6) is 0 Å². The average Bonchev–Trinajstić information content (AvgIpc) is 3.60. The second kappa shape index (κ2) is 8.91. The van der Waals surface area contributed by atoms with Crippen LogP contribution in [-0.2, 0) is 6.54 Å². The number of H-pyrrole nitrogens is 1. The number of fused-ring (bicyclic) bond motifs is 1. The number of carbonyl (C=O) groups is 1. The number of nitrogens with zero attached hydrogens (tertiary/aromatic N) is 4. The number of hydrogen-bond acceptors (Lipinski definition) is 5. The molecule has 0 spiro atoms. The van der Waals surface area contributed by atoms with Crippen LogP contribution in [0.15, 0.2) is 64.5 Å². The number of imidazole rings is 1. The van der Waals surface area contributed by atoms with Crippen LogP contribution in [0, 0.1) is 0 Å². The highest BCUT2D eigenvalue weighted by Crippen LogP contribution is 2.34. The molecule has 1 amide bonds. The second-order valence-corrected chi connectivity index (χ2v) is 8.17. The Hall–Kier alpha value is -3.91. The van der Waals surface area contributed by atoms with Crippen LogP contribution >= 0.6 is 0 Å². The van der Waals surface area contributed by atoms with Gasteiger partial charge < -0.3 is 24.6 Å². The Kier molecular flexibility index (Phi) is 5.66. The van der Waals surface area contributed by atoms with Crippen molar-refractivity contribution >= 4 is 29.7 Å². The molecule has 33 heavy (non-hydrogen) atoms. The van der Waals surface area contributed by atoms with E-state index in [1.807, 2.05) is 33.9 Å². The largest absolute Gasteiger partial charge is 0.472 e. The van der Waals surface area contributed by atoms with E-state index in [2.05, 4.69) is 28.8 Å². The van der Waals surface area contributed by atoms with Crippen molar-refractivity contribution in [2.45, 2.75) is 25.3 Å². The fourth-order valence-corrected chi connectivity index (χ4v) is 4.57. The zero-order valence-electron chi connectivity index (χ0n) is 18.3. The molecule has 4 aromatic rings. The first-order valence-electron chi connectivity index (χ1n) is 11.0. The van der Waals surface area contributed by atoms with Gasteiger partial charge in [0.25, 0.3) is 5.91 Å². The van der Waals surface area contributed by atoms with Crippen LogP contribution in [-0.4, -0.2) is 45.1 Å². The molecule has 3 aromatic heterocycles. The molecule has 1 aliphatic rings. The van der Waals surface area contributed by atoms with Crippen LogP contribution in [0.1, 0.15) is 40.6 Å². The normalized spacial score (nSPS) is 15.0. The van der Waals surface area contributed by atoms with Crippen molar-refractivity contribution in [2.24, 2.45) is 10.7 Å². The molecule has 4 heterocycles. The molecule has 168 valence electrons. The average molecular weight is 443 g/mol. The number of aromatic amines is 1. The fraction of sp³-hybridized carbons (Fsp3) is 0.240. The van der Waals surface area contributed by atoms with Crippen molar-refractivity contribution in [1.29, 1.82) is 0 Å². The molecule has 3 N–H and O–H groups in total. The molecule has 0 unspecified atom stereocenters. The van der Waals surface area contributed by atoms with Crippen molar-refractivity contribution in [3.05, 3.63) is 72.2 Å². The standard InChI is InChI=1S/C25H26N6O2/c1-27-9-12-31-22(15-26)23(21-14-18-4-2-3-5-20(18)28-21)29-24(31)17-6-10-30(11-7-17)25(32)19-8-13-33-16-19/h2-5,8-9,12-14,16-17,28H,1,6-7,10-11,15,26H2/b12-9-. The van der Waals surface area contributed by atoms with Crippen LogP contribution in [0.3, 0.4) is 0 Å². The Morgan fingerprint density at radius 1 is 1.30 bits per heavy atom. The summed E-state index contributed by atoms with van der Waals surface area (Å²) in [7, 11) is 0. The van der Waals surface area contributed by atoms with Crippen molar-refractivity contribution in [2.75, 3.05) is 13.1 Å². The van der Waals surface area contributed by atoms with E-state index >= 15 is 0 Å². The fourth-order valence-electron chi connectivity index (χ4n) is 4.57. The Labute approximate surface area is 191 Å². The lowest BCUT2D eigenvalue weighted by Crippen LogP contribution is -2.38. The van der Waals surface area contributed by atoms with E-state index in [9.17, 15) is 4.79 Å². The highest BCUT2D eigenvalue weighted by Gasteiger charge is 2.29. The predicted octanol–water partition coefficient (Wildman–Crippen LogP) is 4.23. The van der Waals surface area contributed by atoms with Gasteiger partial charge in [0.1, 0.15) is 17.8 Å².